The molecule has 21 heavy (non-hydrogen) atoms. The van der Waals surface area contributed by atoms with Gasteiger partial charge < -0.3 is 0 Å². The quantitative estimate of drug-likeness (QED) is 0.510. The van der Waals surface area contributed by atoms with Crippen LogP contribution in [0.4, 0.5) is 22.7 Å². The van der Waals surface area contributed by atoms with Gasteiger partial charge in [-0.2, -0.15) is 5.53 Å². The largest absolute Gasteiger partial charge is 0.294 e. The predicted molar refractivity (Wildman–Crippen MR) is 73.5 cm³/mol. The number of para-hydroxylation sites is 4. The van der Waals surface area contributed by atoms with Gasteiger partial charge in [0.25, 0.3) is 11.4 Å². The van der Waals surface area contributed by atoms with Gasteiger partial charge in [-0.25, -0.2) is 5.01 Å². The van der Waals surface area contributed by atoms with Crippen molar-refractivity contribution in [3.8, 4) is 0 Å². The SMILES string of the molecule is N=NN(c1ccccc1[N+](=O)[O-])c1ccccc1[N+](=O)[O-]. The molecule has 0 fully saturated rings. The minimum atomic E-state index is -0.637. The molecule has 0 aliphatic carbocycles. The van der Waals surface area contributed by atoms with Gasteiger partial charge in [-0.1, -0.05) is 29.5 Å². The molecule has 106 valence electrons. The summed E-state index contributed by atoms with van der Waals surface area (Å²) < 4.78 is 0. The molecule has 0 aromatic heterocycles. The van der Waals surface area contributed by atoms with Gasteiger partial charge in [-0.3, -0.25) is 20.2 Å². The van der Waals surface area contributed by atoms with Crippen molar-refractivity contribution in [1.82, 2.24) is 0 Å². The molecule has 2 aromatic carbocycles. The number of nitrogens with zero attached hydrogens (tertiary/aromatic N) is 4. The molecule has 0 unspecified atom stereocenters. The molecule has 0 aliphatic heterocycles. The smallest absolute Gasteiger partial charge is 0.258 e. The van der Waals surface area contributed by atoms with Crippen LogP contribution in [-0.4, -0.2) is 9.85 Å². The first-order chi connectivity index (χ1) is 10.1. The van der Waals surface area contributed by atoms with Crippen molar-refractivity contribution in [3.63, 3.8) is 0 Å². The molecule has 0 atom stereocenters. The van der Waals surface area contributed by atoms with E-state index in [1.807, 2.05) is 0 Å². The van der Waals surface area contributed by atoms with Gasteiger partial charge in [-0.15, -0.1) is 0 Å². The maximum atomic E-state index is 11.0. The Balaban J connectivity index is 2.64. The number of nitro benzene ring substituents is 2. The van der Waals surface area contributed by atoms with E-state index >= 15 is 0 Å². The average molecular weight is 287 g/mol. The number of hydrogen-bond donors (Lipinski definition) is 1. The number of anilines is 2. The van der Waals surface area contributed by atoms with Crippen LogP contribution in [-0.2, 0) is 0 Å². The summed E-state index contributed by atoms with van der Waals surface area (Å²) >= 11 is 0. The van der Waals surface area contributed by atoms with Crippen LogP contribution in [0.2, 0.25) is 0 Å². The second kappa shape index (κ2) is 5.74. The van der Waals surface area contributed by atoms with Crippen LogP contribution in [0.1, 0.15) is 0 Å². The zero-order valence-corrected chi connectivity index (χ0v) is 10.5. The first-order valence-corrected chi connectivity index (χ1v) is 5.70. The molecule has 0 bridgehead atoms. The Morgan fingerprint density at radius 1 is 0.857 bits per heavy atom. The number of benzene rings is 2. The molecule has 0 heterocycles. The van der Waals surface area contributed by atoms with E-state index in [4.69, 9.17) is 5.53 Å². The van der Waals surface area contributed by atoms with Crippen molar-refractivity contribution in [2.45, 2.75) is 0 Å². The summed E-state index contributed by atoms with van der Waals surface area (Å²) in [5.74, 6) is 0. The Labute approximate surface area is 118 Å². The molecule has 2 rings (SSSR count). The maximum Gasteiger partial charge on any atom is 0.294 e. The van der Waals surface area contributed by atoms with Gasteiger partial charge in [0.2, 0.25) is 0 Å². The Morgan fingerprint density at radius 3 is 1.57 bits per heavy atom. The fourth-order valence-corrected chi connectivity index (χ4v) is 1.83. The molecule has 9 nitrogen and oxygen atoms in total. The lowest BCUT2D eigenvalue weighted by atomic mass is 10.2. The molecular formula is C12H9N5O4. The number of nitro groups is 2. The monoisotopic (exact) mass is 287 g/mol. The van der Waals surface area contributed by atoms with Crippen molar-refractivity contribution >= 4 is 22.7 Å². The van der Waals surface area contributed by atoms with Crippen molar-refractivity contribution in [2.75, 3.05) is 5.01 Å². The van der Waals surface area contributed by atoms with Crippen LogP contribution in [0, 0.1) is 25.8 Å². The summed E-state index contributed by atoms with van der Waals surface area (Å²) in [4.78, 5) is 20.8. The average Bonchev–Trinajstić information content (AvgIpc) is 2.48. The molecule has 0 radical (unpaired) electrons. The minimum absolute atomic E-state index is 0.0215. The van der Waals surface area contributed by atoms with Crippen LogP contribution >= 0.6 is 0 Å². The van der Waals surface area contributed by atoms with Crippen molar-refractivity contribution in [2.24, 2.45) is 5.22 Å². The van der Waals surface area contributed by atoms with E-state index in [-0.39, 0.29) is 22.7 Å². The van der Waals surface area contributed by atoms with Crippen LogP contribution in [0.15, 0.2) is 53.8 Å². The molecule has 0 spiro atoms. The van der Waals surface area contributed by atoms with E-state index in [9.17, 15) is 20.2 Å². The second-order valence-corrected chi connectivity index (χ2v) is 3.90. The van der Waals surface area contributed by atoms with Crippen molar-refractivity contribution in [1.29, 1.82) is 5.53 Å². The van der Waals surface area contributed by atoms with E-state index in [0.717, 1.165) is 5.01 Å². The van der Waals surface area contributed by atoms with Crippen LogP contribution < -0.4 is 5.01 Å². The Morgan fingerprint density at radius 2 is 1.24 bits per heavy atom. The maximum absolute atomic E-state index is 11.0. The van der Waals surface area contributed by atoms with Gasteiger partial charge in [0.15, 0.2) is 0 Å². The minimum Gasteiger partial charge on any atom is -0.258 e. The highest BCUT2D eigenvalue weighted by Gasteiger charge is 2.25. The molecule has 1 N–H and O–H groups in total. The summed E-state index contributed by atoms with van der Waals surface area (Å²) in [6.45, 7) is 0. The lowest BCUT2D eigenvalue weighted by molar-refractivity contribution is -0.384. The lowest BCUT2D eigenvalue weighted by Gasteiger charge is -2.16. The normalized spacial score (nSPS) is 9.90. The van der Waals surface area contributed by atoms with E-state index in [0.29, 0.717) is 0 Å². The standard InChI is InChI=1S/C12H9N5O4/c13-14-15(9-5-1-3-7-11(9)16(18)19)10-6-2-4-8-12(10)17(20)21/h1-8,13H. The fourth-order valence-electron chi connectivity index (χ4n) is 1.83. The number of rotatable bonds is 5. The molecule has 2 aromatic rings. The second-order valence-electron chi connectivity index (χ2n) is 3.90. The first-order valence-electron chi connectivity index (χ1n) is 5.70. The van der Waals surface area contributed by atoms with Crippen molar-refractivity contribution in [3.05, 3.63) is 68.8 Å². The molecule has 0 amide bonds. The van der Waals surface area contributed by atoms with E-state index in [2.05, 4.69) is 5.22 Å². The highest BCUT2D eigenvalue weighted by molar-refractivity contribution is 5.76. The highest BCUT2D eigenvalue weighted by atomic mass is 16.6. The third-order valence-corrected chi connectivity index (χ3v) is 2.71. The van der Waals surface area contributed by atoms with Gasteiger partial charge in [-0.05, 0) is 12.1 Å². The zero-order valence-electron chi connectivity index (χ0n) is 10.5. The topological polar surface area (TPSA) is 126 Å². The van der Waals surface area contributed by atoms with Crippen LogP contribution in [0.25, 0.3) is 0 Å². The first kappa shape index (κ1) is 14.1. The summed E-state index contributed by atoms with van der Waals surface area (Å²) in [5, 5.41) is 26.1. The third kappa shape index (κ3) is 2.66. The van der Waals surface area contributed by atoms with Gasteiger partial charge in [0.1, 0.15) is 11.4 Å². The summed E-state index contributed by atoms with van der Waals surface area (Å²) in [6.07, 6.45) is 0. The number of hydrogen-bond acceptors (Lipinski definition) is 6. The zero-order chi connectivity index (χ0) is 15.4. The predicted octanol–water partition coefficient (Wildman–Crippen LogP) is 3.59. The van der Waals surface area contributed by atoms with E-state index in [1.165, 1.54) is 48.5 Å². The summed E-state index contributed by atoms with van der Waals surface area (Å²) in [7, 11) is 0. The molecule has 0 saturated carbocycles. The number of nitrogens with one attached hydrogen (secondary N) is 1. The van der Waals surface area contributed by atoms with Gasteiger partial charge >= 0.3 is 0 Å². The van der Waals surface area contributed by atoms with Crippen LogP contribution in [0.3, 0.4) is 0 Å². The van der Waals surface area contributed by atoms with Crippen molar-refractivity contribution < 1.29 is 9.85 Å². The Bertz CT molecular complexity index is 661. The molecule has 9 heteroatoms. The highest BCUT2D eigenvalue weighted by Crippen LogP contribution is 2.38. The molecule has 0 aliphatic rings. The lowest BCUT2D eigenvalue weighted by Crippen LogP contribution is -2.11. The fraction of sp³-hybridized carbons (Fsp3) is 0. The summed E-state index contributed by atoms with van der Waals surface area (Å²) in [5.41, 5.74) is 6.57. The van der Waals surface area contributed by atoms with Gasteiger partial charge in [0.05, 0.1) is 9.85 Å². The van der Waals surface area contributed by atoms with Crippen LogP contribution in [0.5, 0.6) is 0 Å². The molecule has 0 saturated heterocycles. The van der Waals surface area contributed by atoms with E-state index in [1.54, 1.807) is 0 Å². The molecular weight excluding hydrogens is 278 g/mol. The Kier molecular flexibility index (Phi) is 3.84. The summed E-state index contributed by atoms with van der Waals surface area (Å²) in [6, 6.07) is 11.2. The Hall–Kier alpha value is -3.36. The third-order valence-electron chi connectivity index (χ3n) is 2.71. The van der Waals surface area contributed by atoms with Gasteiger partial charge in [0, 0.05) is 12.1 Å². The van der Waals surface area contributed by atoms with E-state index < -0.39 is 9.85 Å².